The number of benzene rings is 2. The molecule has 0 radical (unpaired) electrons. The van der Waals surface area contributed by atoms with Crippen LogP contribution in [0.5, 0.6) is 11.5 Å². The van der Waals surface area contributed by atoms with E-state index in [0.29, 0.717) is 6.79 Å². The molecule has 0 fully saturated rings. The van der Waals surface area contributed by atoms with Crippen LogP contribution < -0.4 is 9.47 Å². The third kappa shape index (κ3) is 3.09. The lowest BCUT2D eigenvalue weighted by molar-refractivity contribution is 0.174. The lowest BCUT2D eigenvalue weighted by Crippen LogP contribution is -2.17. The van der Waals surface area contributed by atoms with Crippen LogP contribution in [0.2, 0.25) is 0 Å². The van der Waals surface area contributed by atoms with E-state index in [-0.39, 0.29) is 0 Å². The first-order valence-corrected chi connectivity index (χ1v) is 8.58. The van der Waals surface area contributed by atoms with Crippen LogP contribution in [0.4, 0.5) is 0 Å². The Balaban J connectivity index is 1.55. The predicted octanol–water partition coefficient (Wildman–Crippen LogP) is 4.36. The van der Waals surface area contributed by atoms with Crippen molar-refractivity contribution in [3.05, 3.63) is 64.3 Å². The maximum Gasteiger partial charge on any atom is 0.231 e. The van der Waals surface area contributed by atoms with Crippen LogP contribution in [-0.2, 0) is 13.1 Å². The molecule has 0 atom stereocenters. The highest BCUT2D eigenvalue weighted by Gasteiger charge is 2.14. The molecule has 0 unspecified atom stereocenters. The molecule has 0 saturated carbocycles. The molecular weight excluding hydrogens is 368 g/mol. The van der Waals surface area contributed by atoms with Crippen molar-refractivity contribution in [2.75, 3.05) is 13.8 Å². The Bertz CT molecular complexity index is 898. The first-order valence-electron chi connectivity index (χ1n) is 7.79. The van der Waals surface area contributed by atoms with Crippen molar-refractivity contribution in [1.82, 2.24) is 9.88 Å². The van der Waals surface area contributed by atoms with Gasteiger partial charge in [-0.2, -0.15) is 0 Å². The number of fused-ring (bicyclic) bond motifs is 2. The Kier molecular flexibility index (Phi) is 4.12. The second kappa shape index (κ2) is 6.42. The largest absolute Gasteiger partial charge is 0.454 e. The number of ether oxygens (including phenoxy) is 2. The van der Waals surface area contributed by atoms with Gasteiger partial charge in [-0.25, -0.2) is 0 Å². The topological polar surface area (TPSA) is 34.6 Å². The summed E-state index contributed by atoms with van der Waals surface area (Å²) in [6.07, 6.45) is 1.84. The molecule has 3 aromatic rings. The zero-order valence-corrected chi connectivity index (χ0v) is 14.9. The molecule has 0 saturated heterocycles. The molecule has 2 heterocycles. The standard InChI is InChI=1S/C19H17BrN2O2/c1-22(10-13-4-5-17-18(7-13)24-12-23-17)11-15-9-16(20)8-14-3-2-6-21-19(14)15/h2-9H,10-12H2,1H3. The van der Waals surface area contributed by atoms with Gasteiger partial charge < -0.3 is 9.47 Å². The number of pyridine rings is 1. The van der Waals surface area contributed by atoms with Crippen molar-refractivity contribution in [2.24, 2.45) is 0 Å². The second-order valence-electron chi connectivity index (χ2n) is 6.00. The Morgan fingerprint density at radius 1 is 1.08 bits per heavy atom. The molecule has 0 N–H and O–H groups in total. The zero-order valence-electron chi connectivity index (χ0n) is 13.3. The molecule has 24 heavy (non-hydrogen) atoms. The second-order valence-corrected chi connectivity index (χ2v) is 6.92. The average Bonchev–Trinajstić information content (AvgIpc) is 3.02. The maximum absolute atomic E-state index is 5.46. The van der Waals surface area contributed by atoms with Crippen molar-refractivity contribution in [3.63, 3.8) is 0 Å². The molecule has 122 valence electrons. The van der Waals surface area contributed by atoms with E-state index in [1.807, 2.05) is 18.3 Å². The van der Waals surface area contributed by atoms with Crippen molar-refractivity contribution < 1.29 is 9.47 Å². The van der Waals surface area contributed by atoms with E-state index in [1.165, 1.54) is 11.1 Å². The van der Waals surface area contributed by atoms with Crippen LogP contribution in [0.3, 0.4) is 0 Å². The summed E-state index contributed by atoms with van der Waals surface area (Å²) in [5.41, 5.74) is 3.47. The predicted molar refractivity (Wildman–Crippen MR) is 97.2 cm³/mol. The maximum atomic E-state index is 5.46. The van der Waals surface area contributed by atoms with E-state index in [4.69, 9.17) is 9.47 Å². The fourth-order valence-corrected chi connectivity index (χ4v) is 3.57. The minimum absolute atomic E-state index is 0.310. The first-order chi connectivity index (χ1) is 11.7. The summed E-state index contributed by atoms with van der Waals surface area (Å²) in [5.74, 6) is 1.65. The highest BCUT2D eigenvalue weighted by Crippen LogP contribution is 2.33. The summed E-state index contributed by atoms with van der Waals surface area (Å²) in [4.78, 5) is 6.82. The van der Waals surface area contributed by atoms with E-state index in [2.05, 4.69) is 63.2 Å². The molecule has 0 spiro atoms. The monoisotopic (exact) mass is 384 g/mol. The number of rotatable bonds is 4. The van der Waals surface area contributed by atoms with Crippen molar-refractivity contribution in [3.8, 4) is 11.5 Å². The fraction of sp³-hybridized carbons (Fsp3) is 0.211. The molecule has 4 nitrogen and oxygen atoms in total. The minimum Gasteiger partial charge on any atom is -0.454 e. The molecule has 0 amide bonds. The number of hydrogen-bond donors (Lipinski definition) is 0. The van der Waals surface area contributed by atoms with Gasteiger partial charge in [0.25, 0.3) is 0 Å². The first kappa shape index (κ1) is 15.4. The highest BCUT2D eigenvalue weighted by molar-refractivity contribution is 9.10. The van der Waals surface area contributed by atoms with Crippen LogP contribution in [0.25, 0.3) is 10.9 Å². The normalized spacial score (nSPS) is 13.0. The lowest BCUT2D eigenvalue weighted by atomic mass is 10.1. The molecule has 1 aliphatic rings. The summed E-state index contributed by atoms with van der Waals surface area (Å²) in [5, 5.41) is 1.15. The third-order valence-corrected chi connectivity index (χ3v) is 4.54. The zero-order chi connectivity index (χ0) is 16.5. The minimum atomic E-state index is 0.310. The van der Waals surface area contributed by atoms with Gasteiger partial charge in [0.2, 0.25) is 6.79 Å². The molecule has 2 aromatic carbocycles. The molecular formula is C19H17BrN2O2. The molecule has 1 aromatic heterocycles. The quantitative estimate of drug-likeness (QED) is 0.669. The van der Waals surface area contributed by atoms with Gasteiger partial charge in [0.1, 0.15) is 0 Å². The van der Waals surface area contributed by atoms with E-state index >= 15 is 0 Å². The average molecular weight is 385 g/mol. The van der Waals surface area contributed by atoms with Gasteiger partial charge in [-0.3, -0.25) is 9.88 Å². The van der Waals surface area contributed by atoms with Gasteiger partial charge in [-0.05, 0) is 48.5 Å². The Morgan fingerprint density at radius 3 is 2.88 bits per heavy atom. The van der Waals surface area contributed by atoms with Crippen LogP contribution in [0.15, 0.2) is 53.1 Å². The smallest absolute Gasteiger partial charge is 0.231 e. The van der Waals surface area contributed by atoms with E-state index < -0.39 is 0 Å². The lowest BCUT2D eigenvalue weighted by Gasteiger charge is -2.18. The summed E-state index contributed by atoms with van der Waals surface area (Å²) in [6.45, 7) is 1.96. The van der Waals surface area contributed by atoms with Gasteiger partial charge in [0, 0.05) is 29.1 Å². The van der Waals surface area contributed by atoms with Crippen LogP contribution >= 0.6 is 15.9 Å². The number of nitrogens with zero attached hydrogens (tertiary/aromatic N) is 2. The number of hydrogen-bond acceptors (Lipinski definition) is 4. The summed E-state index contributed by atoms with van der Waals surface area (Å²) in [7, 11) is 2.11. The van der Waals surface area contributed by atoms with E-state index in [0.717, 1.165) is 40.0 Å². The summed E-state index contributed by atoms with van der Waals surface area (Å²) >= 11 is 3.60. The number of aromatic nitrogens is 1. The van der Waals surface area contributed by atoms with Gasteiger partial charge in [0.05, 0.1) is 5.52 Å². The summed E-state index contributed by atoms with van der Waals surface area (Å²) < 4.78 is 11.9. The van der Waals surface area contributed by atoms with Crippen LogP contribution in [0, 0.1) is 0 Å². The fourth-order valence-electron chi connectivity index (χ4n) is 3.05. The van der Waals surface area contributed by atoms with E-state index in [9.17, 15) is 0 Å². The van der Waals surface area contributed by atoms with Crippen molar-refractivity contribution >= 4 is 26.8 Å². The molecule has 0 bridgehead atoms. The highest BCUT2D eigenvalue weighted by atomic mass is 79.9. The Labute approximate surface area is 149 Å². The molecule has 1 aliphatic heterocycles. The SMILES string of the molecule is CN(Cc1ccc2c(c1)OCO2)Cc1cc(Br)cc2cccnc12. The van der Waals surface area contributed by atoms with Gasteiger partial charge in [-0.15, -0.1) is 0 Å². The van der Waals surface area contributed by atoms with Gasteiger partial charge >= 0.3 is 0 Å². The van der Waals surface area contributed by atoms with Gasteiger partial charge in [0.15, 0.2) is 11.5 Å². The number of halogens is 1. The third-order valence-electron chi connectivity index (χ3n) is 4.08. The molecule has 0 aliphatic carbocycles. The Hall–Kier alpha value is -2.11. The van der Waals surface area contributed by atoms with Crippen LogP contribution in [-0.4, -0.2) is 23.7 Å². The van der Waals surface area contributed by atoms with E-state index in [1.54, 1.807) is 0 Å². The Morgan fingerprint density at radius 2 is 1.96 bits per heavy atom. The summed E-state index contributed by atoms with van der Waals surface area (Å²) in [6, 6.07) is 14.4. The van der Waals surface area contributed by atoms with Crippen molar-refractivity contribution in [2.45, 2.75) is 13.1 Å². The van der Waals surface area contributed by atoms with Gasteiger partial charge in [-0.1, -0.05) is 28.1 Å². The molecule has 5 heteroatoms. The molecule has 4 rings (SSSR count). The van der Waals surface area contributed by atoms with Crippen LogP contribution in [0.1, 0.15) is 11.1 Å². The van der Waals surface area contributed by atoms with Crippen molar-refractivity contribution in [1.29, 1.82) is 0 Å².